The average molecular weight is 222 g/mol. The van der Waals surface area contributed by atoms with Crippen LogP contribution in [0.1, 0.15) is 5.56 Å². The Bertz CT molecular complexity index is 360. The Kier molecular flexibility index (Phi) is 7.23. The van der Waals surface area contributed by atoms with Gasteiger partial charge in [-0.15, -0.1) is 0 Å². The van der Waals surface area contributed by atoms with E-state index in [1.165, 1.54) is 7.05 Å². The van der Waals surface area contributed by atoms with Crippen molar-refractivity contribution in [1.82, 2.24) is 0 Å². The van der Waals surface area contributed by atoms with Gasteiger partial charge in [0.25, 0.3) is 0 Å². The Hall–Kier alpha value is -2.04. The number of carbonyl (C=O) groups is 1. The highest BCUT2D eigenvalue weighted by Crippen LogP contribution is 2.01. The number of nitrogens with zero attached hydrogens (tertiary/aromatic N) is 3. The van der Waals surface area contributed by atoms with Crippen molar-refractivity contribution in [1.29, 1.82) is 0 Å². The first kappa shape index (κ1) is 14.0. The lowest BCUT2D eigenvalue weighted by Gasteiger charge is -2.04. The lowest BCUT2D eigenvalue weighted by Crippen LogP contribution is -2.32. The van der Waals surface area contributed by atoms with Crippen molar-refractivity contribution >= 4 is 5.97 Å². The molecule has 0 unspecified atom stereocenters. The Morgan fingerprint density at radius 3 is 2.44 bits per heavy atom. The first-order chi connectivity index (χ1) is 7.61. The van der Waals surface area contributed by atoms with Crippen molar-refractivity contribution in [2.24, 2.45) is 10.8 Å². The fourth-order valence-corrected chi connectivity index (χ4v) is 0.955. The second-order valence-electron chi connectivity index (χ2n) is 2.92. The van der Waals surface area contributed by atoms with Crippen LogP contribution in [0.2, 0.25) is 0 Å². The molecule has 0 spiro atoms. The second-order valence-corrected chi connectivity index (χ2v) is 2.92. The van der Waals surface area contributed by atoms with Crippen molar-refractivity contribution < 1.29 is 9.90 Å². The number of aliphatic carboxylic acids is 1. The van der Waals surface area contributed by atoms with E-state index in [2.05, 4.69) is 10.0 Å². The fraction of sp³-hybridized carbons (Fsp3) is 0.300. The predicted octanol–water partition coefficient (Wildman–Crippen LogP) is 1.57. The molecule has 0 saturated carbocycles. The van der Waals surface area contributed by atoms with Gasteiger partial charge in [-0.25, -0.2) is 0 Å². The first-order valence-electron chi connectivity index (χ1n) is 4.57. The van der Waals surface area contributed by atoms with Gasteiger partial charge >= 0.3 is 5.97 Å². The number of benzene rings is 1. The van der Waals surface area contributed by atoms with Gasteiger partial charge in [-0.3, -0.25) is 4.79 Å². The van der Waals surface area contributed by atoms with Gasteiger partial charge in [0, 0.05) is 12.0 Å². The molecular formula is C10H14N4O2. The van der Waals surface area contributed by atoms with Crippen LogP contribution in [0.5, 0.6) is 0 Å². The molecule has 3 N–H and O–H groups in total. The van der Waals surface area contributed by atoms with Crippen molar-refractivity contribution in [3.63, 3.8) is 0 Å². The Labute approximate surface area is 93.3 Å². The maximum atomic E-state index is 10.4. The molecule has 1 aromatic carbocycles. The number of nitrogens with two attached hydrogens (primary N) is 1. The molecule has 0 heterocycles. The molecule has 1 rings (SSSR count). The molecule has 6 heteroatoms. The number of azide groups is 1. The summed E-state index contributed by atoms with van der Waals surface area (Å²) in [5.41, 5.74) is 13.6. The van der Waals surface area contributed by atoms with E-state index in [1.54, 1.807) is 0 Å². The minimum atomic E-state index is -0.959. The van der Waals surface area contributed by atoms with E-state index in [0.29, 0.717) is 6.42 Å². The lowest BCUT2D eigenvalue weighted by molar-refractivity contribution is -0.138. The van der Waals surface area contributed by atoms with E-state index < -0.39 is 12.0 Å². The monoisotopic (exact) mass is 222 g/mol. The number of carboxylic acid groups (broad SMARTS) is 1. The molecule has 0 aliphatic heterocycles. The molecule has 86 valence electrons. The molecule has 1 atom stereocenters. The van der Waals surface area contributed by atoms with Crippen LogP contribution in [0.15, 0.2) is 35.4 Å². The number of carboxylic acids is 1. The third-order valence-corrected chi connectivity index (χ3v) is 1.71. The largest absolute Gasteiger partial charge is 0.480 e. The van der Waals surface area contributed by atoms with Crippen molar-refractivity contribution in [2.75, 3.05) is 7.05 Å². The summed E-state index contributed by atoms with van der Waals surface area (Å²) < 4.78 is 0. The SMILES string of the molecule is CN=[N+]=[N-].N[C@@H](Cc1ccccc1)C(=O)O. The van der Waals surface area contributed by atoms with Gasteiger partial charge in [0.1, 0.15) is 6.04 Å². The van der Waals surface area contributed by atoms with E-state index >= 15 is 0 Å². The molecule has 0 radical (unpaired) electrons. The number of hydrogen-bond donors (Lipinski definition) is 2. The third-order valence-electron chi connectivity index (χ3n) is 1.71. The smallest absolute Gasteiger partial charge is 0.320 e. The van der Waals surface area contributed by atoms with Gasteiger partial charge in [-0.2, -0.15) is 0 Å². The summed E-state index contributed by atoms with van der Waals surface area (Å²) in [5.74, 6) is -0.959. The molecule has 1 aromatic rings. The first-order valence-corrected chi connectivity index (χ1v) is 4.57. The van der Waals surface area contributed by atoms with Crippen LogP contribution in [0.25, 0.3) is 10.4 Å². The second kappa shape index (κ2) is 8.28. The highest BCUT2D eigenvalue weighted by atomic mass is 16.4. The highest BCUT2D eigenvalue weighted by molar-refractivity contribution is 5.73. The normalized spacial score (nSPS) is 10.4. The highest BCUT2D eigenvalue weighted by Gasteiger charge is 2.10. The predicted molar refractivity (Wildman–Crippen MR) is 60.8 cm³/mol. The van der Waals surface area contributed by atoms with Crippen molar-refractivity contribution in [3.8, 4) is 0 Å². The van der Waals surface area contributed by atoms with E-state index in [0.717, 1.165) is 5.56 Å². The summed E-state index contributed by atoms with van der Waals surface area (Å²) in [4.78, 5) is 12.7. The van der Waals surface area contributed by atoms with E-state index in [4.69, 9.17) is 16.4 Å². The minimum absolute atomic E-state index is 0.385. The molecule has 0 bridgehead atoms. The van der Waals surface area contributed by atoms with Gasteiger partial charge in [0.2, 0.25) is 0 Å². The fourth-order valence-electron chi connectivity index (χ4n) is 0.955. The molecule has 0 amide bonds. The standard InChI is InChI=1S/C9H11NO2.CH3N3/c10-8(9(11)12)6-7-4-2-1-3-5-7;1-3-4-2/h1-5,8H,6,10H2,(H,11,12);1H3/t8-;/m0./s1. The third kappa shape index (κ3) is 6.42. The molecular weight excluding hydrogens is 208 g/mol. The molecule has 0 fully saturated rings. The molecule has 16 heavy (non-hydrogen) atoms. The van der Waals surface area contributed by atoms with Crippen LogP contribution in [0.4, 0.5) is 0 Å². The van der Waals surface area contributed by atoms with Crippen molar-refractivity contribution in [3.05, 3.63) is 46.3 Å². The molecule has 0 aromatic heterocycles. The van der Waals surface area contributed by atoms with E-state index in [9.17, 15) is 4.79 Å². The number of rotatable bonds is 3. The summed E-state index contributed by atoms with van der Waals surface area (Å²) in [7, 11) is 1.39. The molecule has 0 saturated heterocycles. The van der Waals surface area contributed by atoms with Crippen LogP contribution in [-0.2, 0) is 11.2 Å². The van der Waals surface area contributed by atoms with Gasteiger partial charge in [0.05, 0.1) is 0 Å². The zero-order valence-corrected chi connectivity index (χ0v) is 8.95. The van der Waals surface area contributed by atoms with Crippen molar-refractivity contribution in [2.45, 2.75) is 12.5 Å². The van der Waals surface area contributed by atoms with Crippen LogP contribution >= 0.6 is 0 Å². The maximum Gasteiger partial charge on any atom is 0.320 e. The molecule has 0 aliphatic rings. The Morgan fingerprint density at radius 2 is 2.06 bits per heavy atom. The Balaban J connectivity index is 0.000000487. The quantitative estimate of drug-likeness (QED) is 0.459. The summed E-state index contributed by atoms with van der Waals surface area (Å²) >= 11 is 0. The Morgan fingerprint density at radius 1 is 1.56 bits per heavy atom. The van der Waals surface area contributed by atoms with Gasteiger partial charge in [-0.1, -0.05) is 35.4 Å². The summed E-state index contributed by atoms with van der Waals surface area (Å²) in [6, 6.07) is 8.54. The van der Waals surface area contributed by atoms with E-state index in [1.807, 2.05) is 30.3 Å². The number of hydrogen-bond acceptors (Lipinski definition) is 3. The lowest BCUT2D eigenvalue weighted by atomic mass is 10.1. The van der Waals surface area contributed by atoms with Gasteiger partial charge in [0.15, 0.2) is 0 Å². The topological polar surface area (TPSA) is 112 Å². The summed E-state index contributed by atoms with van der Waals surface area (Å²) in [6.07, 6.45) is 0.385. The van der Waals surface area contributed by atoms with Crippen LogP contribution in [0, 0.1) is 0 Å². The van der Waals surface area contributed by atoms with Crippen LogP contribution in [-0.4, -0.2) is 24.2 Å². The summed E-state index contributed by atoms with van der Waals surface area (Å²) in [6.45, 7) is 0. The molecule has 0 aliphatic carbocycles. The minimum Gasteiger partial charge on any atom is -0.480 e. The average Bonchev–Trinajstić information content (AvgIpc) is 2.30. The van der Waals surface area contributed by atoms with Crippen LogP contribution in [0.3, 0.4) is 0 Å². The van der Waals surface area contributed by atoms with Gasteiger partial charge in [-0.05, 0) is 17.5 Å². The summed E-state index contributed by atoms with van der Waals surface area (Å²) in [5, 5.41) is 11.4. The van der Waals surface area contributed by atoms with Crippen LogP contribution < -0.4 is 5.73 Å². The molecule has 6 nitrogen and oxygen atoms in total. The van der Waals surface area contributed by atoms with E-state index in [-0.39, 0.29) is 0 Å². The zero-order chi connectivity index (χ0) is 12.4. The van der Waals surface area contributed by atoms with Gasteiger partial charge < -0.3 is 10.8 Å². The maximum absolute atomic E-state index is 10.4. The zero-order valence-electron chi connectivity index (χ0n) is 8.95.